The van der Waals surface area contributed by atoms with E-state index >= 15 is 0 Å². The Balaban J connectivity index is 0.00000208. The van der Waals surface area contributed by atoms with Crippen molar-refractivity contribution in [2.75, 3.05) is 5.32 Å². The lowest BCUT2D eigenvalue weighted by atomic mass is 10.2. The van der Waals surface area contributed by atoms with Gasteiger partial charge in [0.25, 0.3) is 0 Å². The molecule has 3 aromatic rings. The Hall–Kier alpha value is -3.26. The van der Waals surface area contributed by atoms with Crippen LogP contribution in [0.25, 0.3) is 11.4 Å². The molecule has 0 aliphatic rings. The van der Waals surface area contributed by atoms with Gasteiger partial charge in [0.1, 0.15) is 5.21 Å². The van der Waals surface area contributed by atoms with Crippen molar-refractivity contribution in [1.29, 1.82) is 0 Å². The van der Waals surface area contributed by atoms with Crippen molar-refractivity contribution in [3.63, 3.8) is 0 Å². The lowest BCUT2D eigenvalue weighted by molar-refractivity contribution is -0.660. The third-order valence-electron chi connectivity index (χ3n) is 3.24. The Labute approximate surface area is 138 Å². The second-order valence-electron chi connectivity index (χ2n) is 5.09. The van der Waals surface area contributed by atoms with Crippen molar-refractivity contribution in [3.05, 3.63) is 54.5 Å². The van der Waals surface area contributed by atoms with Crippen LogP contribution in [0.4, 0.5) is 5.69 Å². The molecule has 0 aliphatic carbocycles. The van der Waals surface area contributed by atoms with Crippen molar-refractivity contribution in [3.8, 4) is 17.3 Å². The number of rotatable bonds is 3. The highest BCUT2D eigenvalue weighted by molar-refractivity contribution is 5.90. The number of nitrogens with one attached hydrogen (secondary N) is 1. The van der Waals surface area contributed by atoms with Crippen LogP contribution in [0.3, 0.4) is 0 Å². The number of anilines is 1. The molecule has 0 radical (unpaired) electrons. The van der Waals surface area contributed by atoms with Crippen LogP contribution in [-0.4, -0.2) is 31.4 Å². The van der Waals surface area contributed by atoms with Gasteiger partial charge in [-0.3, -0.25) is 9.78 Å². The summed E-state index contributed by atoms with van der Waals surface area (Å²) in [5, 5.41) is 17.2. The van der Waals surface area contributed by atoms with Crippen molar-refractivity contribution in [1.82, 2.24) is 14.9 Å². The van der Waals surface area contributed by atoms with E-state index in [9.17, 15) is 9.90 Å². The van der Waals surface area contributed by atoms with Crippen LogP contribution >= 0.6 is 0 Å². The number of carbonyl (C=O) groups excluding carboxylic acids is 1. The Bertz CT molecular complexity index is 858. The maximum absolute atomic E-state index is 11.3. The molecule has 0 unspecified atom stereocenters. The maximum Gasteiger partial charge on any atom is 0.351 e. The number of para-hydroxylation sites is 2. The molecule has 0 spiro atoms. The van der Waals surface area contributed by atoms with Crippen LogP contribution in [0.5, 0.6) is 5.88 Å². The van der Waals surface area contributed by atoms with Gasteiger partial charge in [0.05, 0.1) is 11.9 Å². The molecule has 0 saturated heterocycles. The molecule has 3 rings (SSSR count). The number of benzene rings is 1. The normalized spacial score (nSPS) is 10.1. The molecular formula is C16H17N5O3. The Morgan fingerprint density at radius 2 is 2.00 bits per heavy atom. The molecule has 8 nitrogen and oxygen atoms in total. The highest BCUT2D eigenvalue weighted by Crippen LogP contribution is 2.17. The lowest BCUT2D eigenvalue weighted by Crippen LogP contribution is -2.34. The van der Waals surface area contributed by atoms with E-state index in [-0.39, 0.29) is 17.3 Å². The summed E-state index contributed by atoms with van der Waals surface area (Å²) in [6, 6.07) is 10.9. The van der Waals surface area contributed by atoms with E-state index in [1.54, 1.807) is 18.3 Å². The number of pyridine rings is 1. The van der Waals surface area contributed by atoms with Gasteiger partial charge in [0.15, 0.2) is 11.4 Å². The van der Waals surface area contributed by atoms with Crippen LogP contribution in [0.2, 0.25) is 0 Å². The van der Waals surface area contributed by atoms with Gasteiger partial charge in [-0.15, -0.1) is 0 Å². The number of hydrogen-bond acceptors (Lipinski definition) is 5. The molecule has 1 aromatic carbocycles. The predicted molar refractivity (Wildman–Crippen MR) is 85.5 cm³/mol. The highest BCUT2D eigenvalue weighted by atomic mass is 16.3. The fraction of sp³-hybridized carbons (Fsp3) is 0.125. The minimum Gasteiger partial charge on any atom is -0.870 e. The highest BCUT2D eigenvalue weighted by Gasteiger charge is 2.21. The first-order valence-corrected chi connectivity index (χ1v) is 7.05. The molecule has 1 amide bonds. The molecule has 124 valence electrons. The van der Waals surface area contributed by atoms with Gasteiger partial charge in [0.2, 0.25) is 12.1 Å². The molecule has 0 atom stereocenters. The fourth-order valence-electron chi connectivity index (χ4n) is 2.19. The van der Waals surface area contributed by atoms with Crippen LogP contribution in [0, 0.1) is 6.92 Å². The number of aromatic nitrogens is 4. The maximum atomic E-state index is 11.3. The average molecular weight is 327 g/mol. The standard InChI is InChI=1S/C16H15N5O2.H2O/c1-11-7-8-13(9-17-11)21-16(23)10-20(19-21)15-6-4-3-5-14(15)18-12(2)22;/h3-10H,1-2H3,(H-,18,19,22,23);1H2. The molecular weight excluding hydrogens is 310 g/mol. The van der Waals surface area contributed by atoms with E-state index in [1.165, 1.54) is 22.5 Å². The average Bonchev–Trinajstić information content (AvgIpc) is 2.90. The zero-order chi connectivity index (χ0) is 16.4. The van der Waals surface area contributed by atoms with Gasteiger partial charge in [0, 0.05) is 12.6 Å². The summed E-state index contributed by atoms with van der Waals surface area (Å²) in [6.07, 6.45) is 3.10. The van der Waals surface area contributed by atoms with Gasteiger partial charge in [-0.25, -0.2) is 0 Å². The smallest absolute Gasteiger partial charge is 0.351 e. The third kappa shape index (κ3) is 3.39. The fourth-order valence-corrected chi connectivity index (χ4v) is 2.19. The quantitative estimate of drug-likeness (QED) is 0.705. The monoisotopic (exact) mass is 327 g/mol. The summed E-state index contributed by atoms with van der Waals surface area (Å²) in [6.45, 7) is 3.33. The molecule has 2 aromatic heterocycles. The molecule has 24 heavy (non-hydrogen) atoms. The van der Waals surface area contributed by atoms with Crippen molar-refractivity contribution >= 4 is 11.6 Å². The number of amides is 1. The van der Waals surface area contributed by atoms with E-state index in [1.807, 2.05) is 31.2 Å². The van der Waals surface area contributed by atoms with Gasteiger partial charge in [-0.05, 0) is 31.2 Å². The minimum atomic E-state index is -0.176. The van der Waals surface area contributed by atoms with Crippen molar-refractivity contribution < 1.29 is 20.1 Å². The van der Waals surface area contributed by atoms with Gasteiger partial charge in [-0.1, -0.05) is 21.5 Å². The van der Waals surface area contributed by atoms with E-state index < -0.39 is 0 Å². The van der Waals surface area contributed by atoms with Gasteiger partial charge >= 0.3 is 5.88 Å². The molecule has 0 fully saturated rings. The minimum absolute atomic E-state index is 0. The van der Waals surface area contributed by atoms with Crippen LogP contribution in [0.15, 0.2) is 48.8 Å². The SMILES string of the molecule is CC(=O)Nc1ccccc1-[n+]1cc(O)n(-c2ccc(C)nc2)n1.[OH-]. The molecule has 0 saturated carbocycles. The van der Waals surface area contributed by atoms with E-state index in [4.69, 9.17) is 0 Å². The summed E-state index contributed by atoms with van der Waals surface area (Å²) >= 11 is 0. The zero-order valence-electron chi connectivity index (χ0n) is 13.2. The number of aromatic hydroxyl groups is 1. The molecule has 2 heterocycles. The Kier molecular flexibility index (Phi) is 4.90. The second-order valence-corrected chi connectivity index (χ2v) is 5.09. The Morgan fingerprint density at radius 3 is 2.67 bits per heavy atom. The predicted octanol–water partition coefficient (Wildman–Crippen LogP) is 1.34. The molecule has 0 aliphatic heterocycles. The van der Waals surface area contributed by atoms with E-state index in [0.29, 0.717) is 17.1 Å². The zero-order valence-corrected chi connectivity index (χ0v) is 13.2. The molecule has 3 N–H and O–H groups in total. The van der Waals surface area contributed by atoms with E-state index in [2.05, 4.69) is 15.5 Å². The third-order valence-corrected chi connectivity index (χ3v) is 3.24. The topological polar surface area (TPSA) is 114 Å². The number of carbonyl (C=O) groups is 1. The van der Waals surface area contributed by atoms with Crippen molar-refractivity contribution in [2.45, 2.75) is 13.8 Å². The van der Waals surface area contributed by atoms with Crippen LogP contribution < -0.4 is 10.00 Å². The lowest BCUT2D eigenvalue weighted by Gasteiger charge is -2.04. The van der Waals surface area contributed by atoms with E-state index in [0.717, 1.165) is 5.69 Å². The number of nitrogens with zero attached hydrogens (tertiary/aromatic N) is 4. The second kappa shape index (κ2) is 6.88. The number of hydrogen-bond donors (Lipinski definition) is 2. The Morgan fingerprint density at radius 1 is 1.25 bits per heavy atom. The van der Waals surface area contributed by atoms with Crippen LogP contribution in [-0.2, 0) is 4.79 Å². The first-order valence-electron chi connectivity index (χ1n) is 7.05. The summed E-state index contributed by atoms with van der Waals surface area (Å²) < 4.78 is 2.87. The summed E-state index contributed by atoms with van der Waals surface area (Å²) in [4.78, 5) is 15.5. The van der Waals surface area contributed by atoms with Gasteiger partial charge < -0.3 is 15.9 Å². The first kappa shape index (κ1) is 17.1. The number of aryl methyl sites for hydroxylation is 1. The summed E-state index contributed by atoms with van der Waals surface area (Å²) in [7, 11) is 0. The summed E-state index contributed by atoms with van der Waals surface area (Å²) in [5.41, 5.74) is 2.78. The molecule has 0 bridgehead atoms. The van der Waals surface area contributed by atoms with Gasteiger partial charge in [-0.2, -0.15) is 0 Å². The molecule has 8 heteroatoms. The van der Waals surface area contributed by atoms with Crippen molar-refractivity contribution in [2.24, 2.45) is 0 Å². The van der Waals surface area contributed by atoms with Crippen LogP contribution in [0.1, 0.15) is 12.6 Å². The largest absolute Gasteiger partial charge is 0.870 e. The summed E-state index contributed by atoms with van der Waals surface area (Å²) in [5.74, 6) is -0.210. The first-order chi connectivity index (χ1) is 11.0.